The van der Waals surface area contributed by atoms with Crippen molar-refractivity contribution in [2.45, 2.75) is 26.2 Å². The average molecular weight is 364 g/mol. The molecule has 0 spiro atoms. The first kappa shape index (κ1) is 18.9. The molecular weight excluding hydrogens is 340 g/mol. The monoisotopic (exact) mass is 364 g/mol. The summed E-state index contributed by atoms with van der Waals surface area (Å²) in [5.74, 6) is -1.03. The SMILES string of the molecule is CCOC(=O)[C@H]1C(=O)C=C(c2ccccc2OC)C[C@H]1c1ccccc1C. The van der Waals surface area contributed by atoms with E-state index in [9.17, 15) is 9.59 Å². The molecule has 1 aliphatic rings. The Labute approximate surface area is 159 Å². The van der Waals surface area contributed by atoms with Gasteiger partial charge in [0, 0.05) is 11.5 Å². The number of carbonyl (C=O) groups excluding carboxylic acids is 2. The van der Waals surface area contributed by atoms with Gasteiger partial charge in [-0.25, -0.2) is 0 Å². The van der Waals surface area contributed by atoms with E-state index in [1.807, 2.05) is 55.5 Å². The number of rotatable bonds is 5. The summed E-state index contributed by atoms with van der Waals surface area (Å²) in [6, 6.07) is 15.5. The number of esters is 1. The first-order chi connectivity index (χ1) is 13.1. The highest BCUT2D eigenvalue weighted by Gasteiger charge is 2.40. The number of carbonyl (C=O) groups is 2. The quantitative estimate of drug-likeness (QED) is 0.586. The van der Waals surface area contributed by atoms with Gasteiger partial charge in [0.1, 0.15) is 11.7 Å². The molecule has 27 heavy (non-hydrogen) atoms. The molecule has 0 aliphatic heterocycles. The zero-order chi connectivity index (χ0) is 19.4. The highest BCUT2D eigenvalue weighted by atomic mass is 16.5. The van der Waals surface area contributed by atoms with Crippen molar-refractivity contribution in [2.24, 2.45) is 5.92 Å². The number of benzene rings is 2. The Hall–Kier alpha value is -2.88. The first-order valence-electron chi connectivity index (χ1n) is 9.16. The average Bonchev–Trinajstić information content (AvgIpc) is 2.67. The van der Waals surface area contributed by atoms with E-state index in [1.165, 1.54) is 0 Å². The summed E-state index contributed by atoms with van der Waals surface area (Å²) in [6.45, 7) is 4.01. The molecule has 0 saturated carbocycles. The molecule has 1 aliphatic carbocycles. The summed E-state index contributed by atoms with van der Waals surface area (Å²) in [6.07, 6.45) is 2.15. The fourth-order valence-corrected chi connectivity index (χ4v) is 3.78. The van der Waals surface area contributed by atoms with Gasteiger partial charge in [-0.2, -0.15) is 0 Å². The molecule has 2 aromatic rings. The number of methoxy groups -OCH3 is 1. The molecule has 2 aromatic carbocycles. The van der Waals surface area contributed by atoms with Crippen molar-refractivity contribution in [1.82, 2.24) is 0 Å². The molecule has 0 saturated heterocycles. The Morgan fingerprint density at radius 2 is 1.81 bits per heavy atom. The number of hydrogen-bond donors (Lipinski definition) is 0. The van der Waals surface area contributed by atoms with E-state index >= 15 is 0 Å². The van der Waals surface area contributed by atoms with Gasteiger partial charge in [-0.15, -0.1) is 0 Å². The minimum atomic E-state index is -0.815. The van der Waals surface area contributed by atoms with E-state index < -0.39 is 11.9 Å². The van der Waals surface area contributed by atoms with Crippen LogP contribution in [0.5, 0.6) is 5.75 Å². The minimum Gasteiger partial charge on any atom is -0.496 e. The molecule has 4 nitrogen and oxygen atoms in total. The molecular formula is C23H24O4. The van der Waals surface area contributed by atoms with Crippen LogP contribution < -0.4 is 4.74 Å². The van der Waals surface area contributed by atoms with Gasteiger partial charge in [0.2, 0.25) is 0 Å². The molecule has 140 valence electrons. The molecule has 0 aromatic heterocycles. The predicted molar refractivity (Wildman–Crippen MR) is 105 cm³/mol. The van der Waals surface area contributed by atoms with Crippen molar-refractivity contribution >= 4 is 17.3 Å². The van der Waals surface area contributed by atoms with Gasteiger partial charge in [-0.1, -0.05) is 42.5 Å². The third-order valence-corrected chi connectivity index (χ3v) is 5.05. The third-order valence-electron chi connectivity index (χ3n) is 5.05. The number of ketones is 1. The van der Waals surface area contributed by atoms with E-state index in [1.54, 1.807) is 20.1 Å². The summed E-state index contributed by atoms with van der Waals surface area (Å²) in [5, 5.41) is 0. The van der Waals surface area contributed by atoms with Crippen LogP contribution in [0.4, 0.5) is 0 Å². The van der Waals surface area contributed by atoms with Crippen LogP contribution in [0.15, 0.2) is 54.6 Å². The van der Waals surface area contributed by atoms with Crippen LogP contribution in [0, 0.1) is 12.8 Å². The number of allylic oxidation sites excluding steroid dienone is 2. The fourth-order valence-electron chi connectivity index (χ4n) is 3.78. The van der Waals surface area contributed by atoms with Crippen molar-refractivity contribution < 1.29 is 19.1 Å². The summed E-state index contributed by atoms with van der Waals surface area (Å²) in [4.78, 5) is 25.5. The second-order valence-corrected chi connectivity index (χ2v) is 6.67. The maximum Gasteiger partial charge on any atom is 0.317 e. The second kappa shape index (κ2) is 8.21. The van der Waals surface area contributed by atoms with Crippen LogP contribution in [0.1, 0.15) is 36.0 Å². The van der Waals surface area contributed by atoms with E-state index in [2.05, 4.69) is 0 Å². The van der Waals surface area contributed by atoms with Crippen LogP contribution >= 0.6 is 0 Å². The maximum atomic E-state index is 13.0. The lowest BCUT2D eigenvalue weighted by molar-refractivity contribution is -0.151. The maximum absolute atomic E-state index is 13.0. The predicted octanol–water partition coefficient (Wildman–Crippen LogP) is 4.32. The van der Waals surface area contributed by atoms with Gasteiger partial charge < -0.3 is 9.47 Å². The van der Waals surface area contributed by atoms with E-state index in [0.29, 0.717) is 6.42 Å². The van der Waals surface area contributed by atoms with Crippen LogP contribution in [-0.2, 0) is 14.3 Å². The standard InChI is InChI=1S/C23H24O4/c1-4-27-23(25)22-19(17-10-6-5-9-15(17)2)13-16(14-20(22)24)18-11-7-8-12-21(18)26-3/h5-12,14,19,22H,4,13H2,1-3H3/t19-,22+/m0/s1. The molecule has 2 atom stereocenters. The highest BCUT2D eigenvalue weighted by molar-refractivity contribution is 6.11. The first-order valence-corrected chi connectivity index (χ1v) is 9.16. The van der Waals surface area contributed by atoms with Gasteiger partial charge >= 0.3 is 5.97 Å². The van der Waals surface area contributed by atoms with E-state index in [4.69, 9.17) is 9.47 Å². The molecule has 0 fully saturated rings. The van der Waals surface area contributed by atoms with Gasteiger partial charge in [0.05, 0.1) is 13.7 Å². The van der Waals surface area contributed by atoms with Crippen LogP contribution in [0.25, 0.3) is 5.57 Å². The zero-order valence-corrected chi connectivity index (χ0v) is 15.9. The molecule has 0 N–H and O–H groups in total. The lowest BCUT2D eigenvalue weighted by atomic mass is 9.72. The second-order valence-electron chi connectivity index (χ2n) is 6.67. The van der Waals surface area contributed by atoms with Crippen molar-refractivity contribution in [1.29, 1.82) is 0 Å². The summed E-state index contributed by atoms with van der Waals surface area (Å²) >= 11 is 0. The van der Waals surface area contributed by atoms with Crippen molar-refractivity contribution in [3.8, 4) is 5.75 Å². The van der Waals surface area contributed by atoms with E-state index in [0.717, 1.165) is 28.0 Å². The molecule has 0 heterocycles. The topological polar surface area (TPSA) is 52.6 Å². The van der Waals surface area contributed by atoms with Crippen molar-refractivity contribution in [3.63, 3.8) is 0 Å². The number of aryl methyl sites for hydroxylation is 1. The Bertz CT molecular complexity index is 881. The van der Waals surface area contributed by atoms with E-state index in [-0.39, 0.29) is 18.3 Å². The molecule has 3 rings (SSSR count). The highest BCUT2D eigenvalue weighted by Crippen LogP contribution is 2.43. The number of ether oxygens (including phenoxy) is 2. The Morgan fingerprint density at radius 3 is 2.52 bits per heavy atom. The number of hydrogen-bond acceptors (Lipinski definition) is 4. The van der Waals surface area contributed by atoms with Crippen molar-refractivity contribution in [2.75, 3.05) is 13.7 Å². The zero-order valence-electron chi connectivity index (χ0n) is 15.9. The molecule has 0 radical (unpaired) electrons. The lowest BCUT2D eigenvalue weighted by Gasteiger charge is -2.30. The summed E-state index contributed by atoms with van der Waals surface area (Å²) in [7, 11) is 1.62. The number of para-hydroxylation sites is 1. The van der Waals surface area contributed by atoms with Gasteiger partial charge in [0.15, 0.2) is 5.78 Å². The van der Waals surface area contributed by atoms with Gasteiger partial charge in [-0.3, -0.25) is 9.59 Å². The molecule has 4 heteroatoms. The third kappa shape index (κ3) is 3.80. The normalized spacial score (nSPS) is 19.4. The van der Waals surface area contributed by atoms with Crippen LogP contribution in [0.2, 0.25) is 0 Å². The summed E-state index contributed by atoms with van der Waals surface area (Å²) < 4.78 is 10.7. The Balaban J connectivity index is 2.08. The minimum absolute atomic E-state index is 0.214. The smallest absolute Gasteiger partial charge is 0.317 e. The lowest BCUT2D eigenvalue weighted by Crippen LogP contribution is -2.34. The largest absolute Gasteiger partial charge is 0.496 e. The van der Waals surface area contributed by atoms with Crippen LogP contribution in [0.3, 0.4) is 0 Å². The van der Waals surface area contributed by atoms with Crippen molar-refractivity contribution in [3.05, 3.63) is 71.3 Å². The molecule has 0 amide bonds. The fraction of sp³-hybridized carbons (Fsp3) is 0.304. The Morgan fingerprint density at radius 1 is 1.11 bits per heavy atom. The molecule has 0 bridgehead atoms. The van der Waals surface area contributed by atoms with Gasteiger partial charge in [0.25, 0.3) is 0 Å². The molecule has 0 unspecified atom stereocenters. The Kier molecular flexibility index (Phi) is 5.75. The van der Waals surface area contributed by atoms with Gasteiger partial charge in [-0.05, 0) is 49.1 Å². The summed E-state index contributed by atoms with van der Waals surface area (Å²) in [5.41, 5.74) is 3.83. The van der Waals surface area contributed by atoms with Crippen LogP contribution in [-0.4, -0.2) is 25.5 Å².